The maximum atomic E-state index is 8.86. The molecule has 0 aliphatic heterocycles. The van der Waals surface area contributed by atoms with Gasteiger partial charge in [0.25, 0.3) is 0 Å². The average molecular weight is 151 g/mol. The molecule has 0 saturated heterocycles. The summed E-state index contributed by atoms with van der Waals surface area (Å²) in [7, 11) is 2.06. The van der Waals surface area contributed by atoms with Crippen molar-refractivity contribution in [3.8, 4) is 0 Å². The van der Waals surface area contributed by atoms with Crippen LogP contribution in [0.2, 0.25) is 0 Å². The first-order chi connectivity index (χ1) is 5.33. The number of aromatic nitrogens is 1. The molecule has 2 atom stereocenters. The van der Waals surface area contributed by atoms with Crippen molar-refractivity contribution in [1.29, 1.82) is 0 Å². The lowest BCUT2D eigenvalue weighted by atomic mass is 10.2. The first kappa shape index (κ1) is 6.92. The second kappa shape index (κ2) is 2.38. The highest BCUT2D eigenvalue weighted by Crippen LogP contribution is 2.46. The van der Waals surface area contributed by atoms with Crippen molar-refractivity contribution < 1.29 is 5.11 Å². The molecule has 11 heavy (non-hydrogen) atoms. The van der Waals surface area contributed by atoms with Gasteiger partial charge in [-0.05, 0) is 24.5 Å². The summed E-state index contributed by atoms with van der Waals surface area (Å²) in [6, 6.07) is 4.20. The fraction of sp³-hybridized carbons (Fsp3) is 0.556. The van der Waals surface area contributed by atoms with Gasteiger partial charge in [-0.15, -0.1) is 0 Å². The van der Waals surface area contributed by atoms with Crippen molar-refractivity contribution >= 4 is 0 Å². The van der Waals surface area contributed by atoms with Gasteiger partial charge >= 0.3 is 0 Å². The molecule has 1 fully saturated rings. The van der Waals surface area contributed by atoms with Gasteiger partial charge in [-0.2, -0.15) is 0 Å². The third-order valence-corrected chi connectivity index (χ3v) is 2.52. The fourth-order valence-corrected chi connectivity index (χ4v) is 1.67. The van der Waals surface area contributed by atoms with Crippen LogP contribution in [0, 0.1) is 5.92 Å². The van der Waals surface area contributed by atoms with Crippen molar-refractivity contribution in [1.82, 2.24) is 4.57 Å². The van der Waals surface area contributed by atoms with E-state index in [9.17, 15) is 0 Å². The summed E-state index contributed by atoms with van der Waals surface area (Å²) in [6.45, 7) is 0.343. The summed E-state index contributed by atoms with van der Waals surface area (Å²) in [5.74, 6) is 1.16. The summed E-state index contributed by atoms with van der Waals surface area (Å²) >= 11 is 0. The molecular formula is C9H13NO. The lowest BCUT2D eigenvalue weighted by molar-refractivity contribution is 0.273. The van der Waals surface area contributed by atoms with Crippen LogP contribution in [0.15, 0.2) is 18.3 Å². The summed E-state index contributed by atoms with van der Waals surface area (Å²) in [5, 5.41) is 8.86. The number of aryl methyl sites for hydroxylation is 1. The van der Waals surface area contributed by atoms with Crippen molar-refractivity contribution in [2.45, 2.75) is 12.3 Å². The van der Waals surface area contributed by atoms with E-state index < -0.39 is 0 Å². The largest absolute Gasteiger partial charge is 0.396 e. The Morgan fingerprint density at radius 1 is 1.73 bits per heavy atom. The van der Waals surface area contributed by atoms with E-state index in [0.29, 0.717) is 18.4 Å². The highest BCUT2D eigenvalue weighted by molar-refractivity contribution is 5.19. The van der Waals surface area contributed by atoms with Crippen LogP contribution in [0.4, 0.5) is 0 Å². The fourth-order valence-electron chi connectivity index (χ4n) is 1.67. The van der Waals surface area contributed by atoms with Gasteiger partial charge in [0.2, 0.25) is 0 Å². The zero-order chi connectivity index (χ0) is 7.84. The summed E-state index contributed by atoms with van der Waals surface area (Å²) in [5.41, 5.74) is 1.36. The van der Waals surface area contributed by atoms with Crippen LogP contribution >= 0.6 is 0 Å². The highest BCUT2D eigenvalue weighted by Gasteiger charge is 2.38. The maximum Gasteiger partial charge on any atom is 0.0465 e. The van der Waals surface area contributed by atoms with E-state index in [1.807, 2.05) is 0 Å². The molecule has 1 N–H and O–H groups in total. The van der Waals surface area contributed by atoms with Gasteiger partial charge in [-0.1, -0.05) is 0 Å². The molecule has 1 saturated carbocycles. The Morgan fingerprint density at radius 3 is 3.00 bits per heavy atom. The van der Waals surface area contributed by atoms with Crippen molar-refractivity contribution in [2.24, 2.45) is 13.0 Å². The van der Waals surface area contributed by atoms with E-state index in [1.165, 1.54) is 5.69 Å². The Morgan fingerprint density at radius 2 is 2.55 bits per heavy atom. The standard InChI is InChI=1S/C9H13NO/c1-10-4-2-3-9(10)8-5-7(8)6-11/h2-4,7-8,11H,5-6H2,1H3/t7-,8-/m1/s1. The molecule has 1 aromatic rings. The van der Waals surface area contributed by atoms with Gasteiger partial charge in [0.1, 0.15) is 0 Å². The summed E-state index contributed by atoms with van der Waals surface area (Å²) < 4.78 is 2.14. The van der Waals surface area contributed by atoms with Crippen LogP contribution in [0.25, 0.3) is 0 Å². The van der Waals surface area contributed by atoms with Crippen LogP contribution in [0.3, 0.4) is 0 Å². The van der Waals surface area contributed by atoms with E-state index >= 15 is 0 Å². The van der Waals surface area contributed by atoms with Crippen molar-refractivity contribution in [3.05, 3.63) is 24.0 Å². The molecule has 0 bridgehead atoms. The van der Waals surface area contributed by atoms with Gasteiger partial charge in [0, 0.05) is 31.5 Å². The SMILES string of the molecule is Cn1cccc1[C@@H]1C[C@@H]1CO. The first-order valence-corrected chi connectivity index (χ1v) is 4.05. The molecule has 2 heteroatoms. The number of aliphatic hydroxyl groups excluding tert-OH is 1. The zero-order valence-corrected chi connectivity index (χ0v) is 6.70. The minimum atomic E-state index is 0.343. The van der Waals surface area contributed by atoms with Crippen LogP contribution in [0.5, 0.6) is 0 Å². The molecule has 1 heterocycles. The van der Waals surface area contributed by atoms with Crippen molar-refractivity contribution in [3.63, 3.8) is 0 Å². The number of hydrogen-bond donors (Lipinski definition) is 1. The number of aliphatic hydroxyl groups is 1. The van der Waals surface area contributed by atoms with E-state index in [4.69, 9.17) is 5.11 Å². The van der Waals surface area contributed by atoms with Crippen LogP contribution in [-0.4, -0.2) is 16.3 Å². The second-order valence-corrected chi connectivity index (χ2v) is 3.33. The zero-order valence-electron chi connectivity index (χ0n) is 6.70. The second-order valence-electron chi connectivity index (χ2n) is 3.33. The van der Waals surface area contributed by atoms with Crippen molar-refractivity contribution in [2.75, 3.05) is 6.61 Å². The third kappa shape index (κ3) is 1.07. The molecule has 0 radical (unpaired) electrons. The molecule has 1 aliphatic carbocycles. The molecule has 2 rings (SSSR count). The number of hydrogen-bond acceptors (Lipinski definition) is 1. The lowest BCUT2D eigenvalue weighted by Gasteiger charge is -1.99. The summed E-state index contributed by atoms with van der Waals surface area (Å²) in [4.78, 5) is 0. The van der Waals surface area contributed by atoms with Crippen LogP contribution in [-0.2, 0) is 7.05 Å². The Bertz CT molecular complexity index is 254. The predicted octanol–water partition coefficient (Wildman–Crippen LogP) is 1.12. The quantitative estimate of drug-likeness (QED) is 0.673. The Balaban J connectivity index is 2.14. The molecule has 0 amide bonds. The molecule has 0 unspecified atom stereocenters. The minimum absolute atomic E-state index is 0.343. The van der Waals surface area contributed by atoms with Gasteiger partial charge in [0.05, 0.1) is 0 Å². The highest BCUT2D eigenvalue weighted by atomic mass is 16.3. The molecule has 1 aromatic heterocycles. The minimum Gasteiger partial charge on any atom is -0.396 e. The lowest BCUT2D eigenvalue weighted by Crippen LogP contribution is -1.95. The van der Waals surface area contributed by atoms with E-state index in [2.05, 4.69) is 29.9 Å². The molecule has 0 spiro atoms. The molecule has 2 nitrogen and oxygen atoms in total. The Labute approximate surface area is 66.5 Å². The van der Waals surface area contributed by atoms with E-state index in [0.717, 1.165) is 6.42 Å². The van der Waals surface area contributed by atoms with Gasteiger partial charge in [-0.3, -0.25) is 0 Å². The molecule has 1 aliphatic rings. The average Bonchev–Trinajstić information content (AvgIpc) is 2.68. The maximum absolute atomic E-state index is 8.86. The monoisotopic (exact) mass is 151 g/mol. The van der Waals surface area contributed by atoms with Crippen LogP contribution < -0.4 is 0 Å². The van der Waals surface area contributed by atoms with Gasteiger partial charge < -0.3 is 9.67 Å². The normalized spacial score (nSPS) is 28.9. The Kier molecular flexibility index (Phi) is 1.50. The topological polar surface area (TPSA) is 25.2 Å². The first-order valence-electron chi connectivity index (χ1n) is 4.05. The molecule has 0 aromatic carbocycles. The third-order valence-electron chi connectivity index (χ3n) is 2.52. The van der Waals surface area contributed by atoms with E-state index in [1.54, 1.807) is 0 Å². The van der Waals surface area contributed by atoms with Gasteiger partial charge in [0.15, 0.2) is 0 Å². The number of nitrogens with zero attached hydrogens (tertiary/aromatic N) is 1. The smallest absolute Gasteiger partial charge is 0.0465 e. The molecule has 60 valence electrons. The number of rotatable bonds is 2. The molecular weight excluding hydrogens is 138 g/mol. The van der Waals surface area contributed by atoms with Crippen LogP contribution in [0.1, 0.15) is 18.0 Å². The predicted molar refractivity (Wildman–Crippen MR) is 43.3 cm³/mol. The van der Waals surface area contributed by atoms with E-state index in [-0.39, 0.29) is 0 Å². The Hall–Kier alpha value is -0.760. The van der Waals surface area contributed by atoms with Gasteiger partial charge in [-0.25, -0.2) is 0 Å². The summed E-state index contributed by atoms with van der Waals surface area (Å²) in [6.07, 6.45) is 3.22.